The van der Waals surface area contributed by atoms with Crippen molar-refractivity contribution in [3.05, 3.63) is 24.0 Å². The highest BCUT2D eigenvalue weighted by Crippen LogP contribution is 2.24. The Morgan fingerprint density at radius 2 is 2.06 bits per heavy atom. The van der Waals surface area contributed by atoms with Crippen molar-refractivity contribution in [1.29, 1.82) is 0 Å². The van der Waals surface area contributed by atoms with E-state index in [-0.39, 0.29) is 29.8 Å². The Bertz CT molecular complexity index is 517. The molecule has 0 heterocycles. The number of aliphatic hydroxyl groups excluding tert-OH is 1. The molecule has 0 amide bonds. The van der Waals surface area contributed by atoms with Crippen molar-refractivity contribution < 1.29 is 17.9 Å². The first-order valence-electron chi connectivity index (χ1n) is 5.48. The molecule has 7 heteroatoms. The third-order valence-electron chi connectivity index (χ3n) is 2.45. The van der Waals surface area contributed by atoms with Crippen LogP contribution in [0.15, 0.2) is 23.1 Å². The molecule has 0 spiro atoms. The van der Waals surface area contributed by atoms with Gasteiger partial charge in [0.2, 0.25) is 10.0 Å². The summed E-state index contributed by atoms with van der Waals surface area (Å²) in [6.07, 6.45) is 0. The van der Waals surface area contributed by atoms with Crippen molar-refractivity contribution in [2.45, 2.75) is 24.8 Å². The van der Waals surface area contributed by atoms with E-state index >= 15 is 0 Å². The number of aliphatic hydroxyl groups is 1. The predicted molar refractivity (Wildman–Crippen MR) is 66.9 cm³/mol. The Balaban J connectivity index is 3.26. The zero-order valence-corrected chi connectivity index (χ0v) is 11.1. The number of hydrogen-bond acceptors (Lipinski definition) is 4. The maximum atomic E-state index is 12.9. The lowest BCUT2D eigenvalue weighted by Crippen LogP contribution is -2.39. The predicted octanol–water partition coefficient (Wildman–Crippen LogP) is 0.799. The van der Waals surface area contributed by atoms with Gasteiger partial charge in [0.1, 0.15) is 10.7 Å². The summed E-state index contributed by atoms with van der Waals surface area (Å²) >= 11 is 0. The van der Waals surface area contributed by atoms with Crippen LogP contribution in [-0.2, 0) is 10.0 Å². The molecule has 0 atom stereocenters. The lowest BCUT2D eigenvalue weighted by molar-refractivity contribution is 0.236. The van der Waals surface area contributed by atoms with Gasteiger partial charge in [-0.2, -0.15) is 4.31 Å². The quantitative estimate of drug-likeness (QED) is 0.779. The van der Waals surface area contributed by atoms with E-state index in [1.165, 1.54) is 0 Å². The van der Waals surface area contributed by atoms with E-state index in [1.54, 1.807) is 13.8 Å². The first kappa shape index (κ1) is 14.9. The smallest absolute Gasteiger partial charge is 0.245 e. The minimum Gasteiger partial charge on any atom is -0.398 e. The van der Waals surface area contributed by atoms with Crippen molar-refractivity contribution in [2.24, 2.45) is 0 Å². The largest absolute Gasteiger partial charge is 0.398 e. The Morgan fingerprint density at radius 3 is 2.50 bits per heavy atom. The SMILES string of the molecule is CC(C)N(CCO)S(=O)(=O)c1ccc(F)cc1N. The molecule has 0 bridgehead atoms. The number of nitrogens with zero attached hydrogens (tertiary/aromatic N) is 1. The van der Waals surface area contributed by atoms with Crippen LogP contribution in [0.2, 0.25) is 0 Å². The van der Waals surface area contributed by atoms with Crippen LogP contribution in [0.1, 0.15) is 13.8 Å². The molecule has 1 rings (SSSR count). The minimum atomic E-state index is -3.83. The van der Waals surface area contributed by atoms with E-state index < -0.39 is 15.8 Å². The van der Waals surface area contributed by atoms with Gasteiger partial charge >= 0.3 is 0 Å². The first-order chi connectivity index (χ1) is 8.30. The second-order valence-corrected chi connectivity index (χ2v) is 5.97. The zero-order valence-electron chi connectivity index (χ0n) is 10.3. The molecule has 0 aliphatic carbocycles. The molecule has 18 heavy (non-hydrogen) atoms. The van der Waals surface area contributed by atoms with Crippen molar-refractivity contribution in [3.63, 3.8) is 0 Å². The fourth-order valence-corrected chi connectivity index (χ4v) is 3.36. The minimum absolute atomic E-state index is 0.0309. The molecule has 0 unspecified atom stereocenters. The van der Waals surface area contributed by atoms with Crippen LogP contribution in [0.3, 0.4) is 0 Å². The standard InChI is InChI=1S/C11H17FN2O3S/c1-8(2)14(5-6-15)18(16,17)11-4-3-9(12)7-10(11)13/h3-4,7-8,15H,5-6,13H2,1-2H3. The van der Waals surface area contributed by atoms with Crippen LogP contribution in [0.5, 0.6) is 0 Å². The third kappa shape index (κ3) is 2.98. The van der Waals surface area contributed by atoms with Crippen LogP contribution in [-0.4, -0.2) is 37.0 Å². The highest BCUT2D eigenvalue weighted by molar-refractivity contribution is 7.89. The van der Waals surface area contributed by atoms with Crippen molar-refractivity contribution in [2.75, 3.05) is 18.9 Å². The number of halogens is 1. The second-order valence-electron chi connectivity index (χ2n) is 4.12. The molecular weight excluding hydrogens is 259 g/mol. The van der Waals surface area contributed by atoms with Crippen LogP contribution in [0, 0.1) is 5.82 Å². The number of anilines is 1. The van der Waals surface area contributed by atoms with E-state index in [4.69, 9.17) is 10.8 Å². The summed E-state index contributed by atoms with van der Waals surface area (Å²) in [6.45, 7) is 3.05. The molecule has 0 aliphatic heterocycles. The Kier molecular flexibility index (Phi) is 4.66. The lowest BCUT2D eigenvalue weighted by Gasteiger charge is -2.25. The topological polar surface area (TPSA) is 83.6 Å². The van der Waals surface area contributed by atoms with E-state index in [0.29, 0.717) is 0 Å². The Labute approximate surface area is 106 Å². The van der Waals surface area contributed by atoms with Gasteiger partial charge in [-0.15, -0.1) is 0 Å². The Morgan fingerprint density at radius 1 is 1.44 bits per heavy atom. The van der Waals surface area contributed by atoms with E-state index in [9.17, 15) is 12.8 Å². The van der Waals surface area contributed by atoms with Crippen LogP contribution < -0.4 is 5.73 Å². The maximum absolute atomic E-state index is 12.9. The number of sulfonamides is 1. The molecule has 0 aliphatic rings. The lowest BCUT2D eigenvalue weighted by atomic mass is 10.3. The summed E-state index contributed by atoms with van der Waals surface area (Å²) in [4.78, 5) is -0.147. The Hall–Kier alpha value is -1.18. The van der Waals surface area contributed by atoms with Gasteiger partial charge in [0, 0.05) is 12.6 Å². The average molecular weight is 276 g/mol. The number of benzene rings is 1. The molecule has 1 aromatic carbocycles. The van der Waals surface area contributed by atoms with Crippen LogP contribution in [0.4, 0.5) is 10.1 Å². The second kappa shape index (κ2) is 5.64. The van der Waals surface area contributed by atoms with Crippen LogP contribution in [0.25, 0.3) is 0 Å². The average Bonchev–Trinajstić information content (AvgIpc) is 2.24. The molecule has 0 saturated carbocycles. The number of hydrogen-bond donors (Lipinski definition) is 2. The molecule has 5 nitrogen and oxygen atoms in total. The van der Waals surface area contributed by atoms with E-state index in [0.717, 1.165) is 22.5 Å². The van der Waals surface area contributed by atoms with E-state index in [2.05, 4.69) is 0 Å². The monoisotopic (exact) mass is 276 g/mol. The van der Waals surface area contributed by atoms with Gasteiger partial charge in [-0.1, -0.05) is 0 Å². The number of nitrogens with two attached hydrogens (primary N) is 1. The molecule has 0 fully saturated rings. The highest BCUT2D eigenvalue weighted by Gasteiger charge is 2.28. The van der Waals surface area contributed by atoms with Gasteiger partial charge < -0.3 is 10.8 Å². The van der Waals surface area contributed by atoms with E-state index in [1.807, 2.05) is 0 Å². The first-order valence-corrected chi connectivity index (χ1v) is 6.92. The number of rotatable bonds is 5. The van der Waals surface area contributed by atoms with Gasteiger partial charge in [-0.3, -0.25) is 0 Å². The van der Waals surface area contributed by atoms with Crippen molar-refractivity contribution >= 4 is 15.7 Å². The highest BCUT2D eigenvalue weighted by atomic mass is 32.2. The summed E-state index contributed by atoms with van der Waals surface area (Å²) in [5, 5.41) is 8.91. The van der Waals surface area contributed by atoms with Crippen molar-refractivity contribution in [3.8, 4) is 0 Å². The van der Waals surface area contributed by atoms with Crippen molar-refractivity contribution in [1.82, 2.24) is 4.31 Å². The summed E-state index contributed by atoms with van der Waals surface area (Å²) in [6, 6.07) is 2.81. The normalized spacial score (nSPS) is 12.3. The molecule has 0 saturated heterocycles. The summed E-state index contributed by atoms with van der Waals surface area (Å²) in [7, 11) is -3.83. The van der Waals surface area contributed by atoms with Gasteiger partial charge in [0.05, 0.1) is 12.3 Å². The molecule has 0 radical (unpaired) electrons. The fourth-order valence-electron chi connectivity index (χ4n) is 1.64. The number of nitrogen functional groups attached to an aromatic ring is 1. The van der Waals surface area contributed by atoms with Gasteiger partial charge in [0.15, 0.2) is 0 Å². The summed E-state index contributed by atoms with van der Waals surface area (Å²) in [5.41, 5.74) is 5.39. The molecule has 102 valence electrons. The molecular formula is C11H17FN2O3S. The third-order valence-corrected chi connectivity index (χ3v) is 4.60. The summed E-state index contributed by atoms with van der Waals surface area (Å²) < 4.78 is 38.7. The molecule has 3 N–H and O–H groups in total. The molecule has 1 aromatic rings. The maximum Gasteiger partial charge on any atom is 0.245 e. The zero-order chi connectivity index (χ0) is 13.9. The van der Waals surface area contributed by atoms with Gasteiger partial charge in [-0.25, -0.2) is 12.8 Å². The fraction of sp³-hybridized carbons (Fsp3) is 0.455. The summed E-state index contributed by atoms with van der Waals surface area (Å²) in [5.74, 6) is -0.593. The van der Waals surface area contributed by atoms with Crippen LogP contribution >= 0.6 is 0 Å². The van der Waals surface area contributed by atoms with Gasteiger partial charge in [0.25, 0.3) is 0 Å². The molecule has 0 aromatic heterocycles. The van der Waals surface area contributed by atoms with Gasteiger partial charge in [-0.05, 0) is 32.0 Å².